The molecule has 0 saturated heterocycles. The summed E-state index contributed by atoms with van der Waals surface area (Å²) in [6, 6.07) is 7.08. The molecule has 1 aromatic carbocycles. The van der Waals surface area contributed by atoms with E-state index in [1.54, 1.807) is 23.1 Å². The fourth-order valence-electron chi connectivity index (χ4n) is 2.01. The third-order valence-corrected chi connectivity index (χ3v) is 3.19. The van der Waals surface area contributed by atoms with E-state index in [0.29, 0.717) is 6.54 Å². The SMILES string of the molecule is NCC(=O)NCC(=O)N(Cc1cccc(O)c1)C1CC1. The summed E-state index contributed by atoms with van der Waals surface area (Å²) >= 11 is 0. The highest BCUT2D eigenvalue weighted by molar-refractivity contribution is 5.85. The van der Waals surface area contributed by atoms with Gasteiger partial charge in [0.25, 0.3) is 0 Å². The van der Waals surface area contributed by atoms with Gasteiger partial charge >= 0.3 is 0 Å². The lowest BCUT2D eigenvalue weighted by atomic mass is 10.2. The van der Waals surface area contributed by atoms with Crippen LogP contribution in [0, 0.1) is 0 Å². The maximum Gasteiger partial charge on any atom is 0.242 e. The van der Waals surface area contributed by atoms with Crippen LogP contribution in [-0.4, -0.2) is 41.0 Å². The molecule has 0 heterocycles. The van der Waals surface area contributed by atoms with Gasteiger partial charge in [-0.2, -0.15) is 0 Å². The predicted molar refractivity (Wildman–Crippen MR) is 73.7 cm³/mol. The largest absolute Gasteiger partial charge is 0.508 e. The first-order valence-electron chi connectivity index (χ1n) is 6.64. The summed E-state index contributed by atoms with van der Waals surface area (Å²) in [7, 11) is 0. The van der Waals surface area contributed by atoms with Crippen LogP contribution >= 0.6 is 0 Å². The second kappa shape index (κ2) is 6.38. The monoisotopic (exact) mass is 277 g/mol. The number of phenolic OH excluding ortho intramolecular Hbond substituents is 1. The normalized spacial score (nSPS) is 13.8. The third kappa shape index (κ3) is 3.96. The van der Waals surface area contributed by atoms with Gasteiger partial charge in [-0.15, -0.1) is 0 Å². The number of benzene rings is 1. The zero-order valence-electron chi connectivity index (χ0n) is 11.2. The Morgan fingerprint density at radius 3 is 2.75 bits per heavy atom. The minimum atomic E-state index is -0.341. The summed E-state index contributed by atoms with van der Waals surface area (Å²) in [6.07, 6.45) is 1.96. The molecule has 0 aromatic heterocycles. The Balaban J connectivity index is 1.96. The summed E-state index contributed by atoms with van der Waals surface area (Å²) in [5.41, 5.74) is 6.05. The van der Waals surface area contributed by atoms with Crippen molar-refractivity contribution >= 4 is 11.8 Å². The number of nitrogens with two attached hydrogens (primary N) is 1. The molecule has 0 spiro atoms. The van der Waals surface area contributed by atoms with Crippen LogP contribution in [0.4, 0.5) is 0 Å². The average molecular weight is 277 g/mol. The second-order valence-corrected chi connectivity index (χ2v) is 4.90. The zero-order chi connectivity index (χ0) is 14.5. The highest BCUT2D eigenvalue weighted by atomic mass is 16.3. The maximum absolute atomic E-state index is 12.1. The number of nitrogens with one attached hydrogen (secondary N) is 1. The van der Waals surface area contributed by atoms with Gasteiger partial charge < -0.3 is 21.1 Å². The molecular formula is C14H19N3O3. The molecule has 0 unspecified atom stereocenters. The standard InChI is InChI=1S/C14H19N3O3/c15-7-13(19)16-8-14(20)17(11-4-5-11)9-10-2-1-3-12(18)6-10/h1-3,6,11,18H,4-5,7-9,15H2,(H,16,19). The molecule has 1 aromatic rings. The quantitative estimate of drug-likeness (QED) is 0.680. The molecule has 1 aliphatic carbocycles. The summed E-state index contributed by atoms with van der Waals surface area (Å²) in [6.45, 7) is 0.283. The van der Waals surface area contributed by atoms with E-state index >= 15 is 0 Å². The molecule has 1 aliphatic rings. The van der Waals surface area contributed by atoms with Crippen LogP contribution in [0.2, 0.25) is 0 Å². The van der Waals surface area contributed by atoms with Crippen molar-refractivity contribution in [1.82, 2.24) is 10.2 Å². The van der Waals surface area contributed by atoms with E-state index in [9.17, 15) is 14.7 Å². The van der Waals surface area contributed by atoms with E-state index in [1.807, 2.05) is 6.07 Å². The molecule has 0 bridgehead atoms. The Kier molecular flexibility index (Phi) is 4.57. The average Bonchev–Trinajstić information content (AvgIpc) is 3.26. The number of aromatic hydroxyl groups is 1. The highest BCUT2D eigenvalue weighted by Crippen LogP contribution is 2.28. The van der Waals surface area contributed by atoms with Crippen molar-refractivity contribution in [2.24, 2.45) is 5.73 Å². The van der Waals surface area contributed by atoms with E-state index in [-0.39, 0.29) is 36.7 Å². The number of hydrogen-bond acceptors (Lipinski definition) is 4. The lowest BCUT2D eigenvalue weighted by Crippen LogP contribution is -2.42. The summed E-state index contributed by atoms with van der Waals surface area (Å²) in [5.74, 6) is -0.286. The Bertz CT molecular complexity index is 500. The first-order chi connectivity index (χ1) is 9.60. The van der Waals surface area contributed by atoms with Crippen LogP contribution in [0.25, 0.3) is 0 Å². The molecule has 6 nitrogen and oxygen atoms in total. The van der Waals surface area contributed by atoms with Gasteiger partial charge in [-0.05, 0) is 30.5 Å². The fraction of sp³-hybridized carbons (Fsp3) is 0.429. The fourth-order valence-corrected chi connectivity index (χ4v) is 2.01. The lowest BCUT2D eigenvalue weighted by molar-refractivity contribution is -0.133. The first kappa shape index (κ1) is 14.3. The zero-order valence-corrected chi connectivity index (χ0v) is 11.2. The predicted octanol–water partition coefficient (Wildman–Crippen LogP) is -0.0419. The first-order valence-corrected chi connectivity index (χ1v) is 6.64. The lowest BCUT2D eigenvalue weighted by Gasteiger charge is -2.22. The van der Waals surface area contributed by atoms with Gasteiger partial charge in [0.15, 0.2) is 0 Å². The van der Waals surface area contributed by atoms with Crippen LogP contribution in [0.15, 0.2) is 24.3 Å². The Labute approximate surface area is 117 Å². The molecule has 0 aliphatic heterocycles. The van der Waals surface area contributed by atoms with Gasteiger partial charge in [0.05, 0.1) is 13.1 Å². The van der Waals surface area contributed by atoms with Crippen LogP contribution in [0.5, 0.6) is 5.75 Å². The molecule has 1 saturated carbocycles. The summed E-state index contributed by atoms with van der Waals surface area (Å²) in [4.78, 5) is 25.0. The third-order valence-electron chi connectivity index (χ3n) is 3.19. The van der Waals surface area contributed by atoms with Crippen molar-refractivity contribution in [2.45, 2.75) is 25.4 Å². The van der Waals surface area contributed by atoms with Crippen molar-refractivity contribution in [3.05, 3.63) is 29.8 Å². The highest BCUT2D eigenvalue weighted by Gasteiger charge is 2.32. The van der Waals surface area contributed by atoms with Gasteiger partial charge in [-0.1, -0.05) is 12.1 Å². The number of phenols is 1. The number of carbonyl (C=O) groups is 2. The van der Waals surface area contributed by atoms with Gasteiger partial charge in [-0.25, -0.2) is 0 Å². The van der Waals surface area contributed by atoms with Gasteiger partial charge in [0, 0.05) is 12.6 Å². The Morgan fingerprint density at radius 2 is 2.15 bits per heavy atom. The Hall–Kier alpha value is -2.08. The molecule has 2 amide bonds. The number of carbonyl (C=O) groups excluding carboxylic acids is 2. The van der Waals surface area contributed by atoms with Crippen LogP contribution < -0.4 is 11.1 Å². The molecule has 1 fully saturated rings. The number of rotatable bonds is 6. The minimum Gasteiger partial charge on any atom is -0.508 e. The smallest absolute Gasteiger partial charge is 0.242 e. The molecule has 0 atom stereocenters. The molecular weight excluding hydrogens is 258 g/mol. The van der Waals surface area contributed by atoms with Crippen LogP contribution in [0.3, 0.4) is 0 Å². The molecule has 108 valence electrons. The van der Waals surface area contributed by atoms with E-state index < -0.39 is 0 Å². The number of amides is 2. The molecule has 6 heteroatoms. The number of hydrogen-bond donors (Lipinski definition) is 3. The maximum atomic E-state index is 12.1. The van der Waals surface area contributed by atoms with Crippen molar-refractivity contribution in [3.8, 4) is 5.75 Å². The van der Waals surface area contributed by atoms with Gasteiger partial charge in [0.2, 0.25) is 11.8 Å². The van der Waals surface area contributed by atoms with Crippen LogP contribution in [-0.2, 0) is 16.1 Å². The molecule has 20 heavy (non-hydrogen) atoms. The molecule has 2 rings (SSSR count). The van der Waals surface area contributed by atoms with Crippen LogP contribution in [0.1, 0.15) is 18.4 Å². The van der Waals surface area contributed by atoms with Gasteiger partial charge in [-0.3, -0.25) is 9.59 Å². The summed E-state index contributed by atoms with van der Waals surface area (Å²) in [5, 5.41) is 11.9. The van der Waals surface area contributed by atoms with E-state index in [4.69, 9.17) is 5.73 Å². The number of nitrogens with zero attached hydrogens (tertiary/aromatic N) is 1. The van der Waals surface area contributed by atoms with E-state index in [0.717, 1.165) is 18.4 Å². The van der Waals surface area contributed by atoms with Gasteiger partial charge in [0.1, 0.15) is 5.75 Å². The summed E-state index contributed by atoms with van der Waals surface area (Å²) < 4.78 is 0. The molecule has 4 N–H and O–H groups in total. The van der Waals surface area contributed by atoms with E-state index in [1.165, 1.54) is 0 Å². The van der Waals surface area contributed by atoms with Crippen molar-refractivity contribution < 1.29 is 14.7 Å². The van der Waals surface area contributed by atoms with E-state index in [2.05, 4.69) is 5.32 Å². The second-order valence-electron chi connectivity index (χ2n) is 4.90. The molecule has 0 radical (unpaired) electrons. The minimum absolute atomic E-state index is 0.0364. The van der Waals surface area contributed by atoms with Crippen molar-refractivity contribution in [3.63, 3.8) is 0 Å². The van der Waals surface area contributed by atoms with Crippen molar-refractivity contribution in [2.75, 3.05) is 13.1 Å². The topological polar surface area (TPSA) is 95.7 Å². The van der Waals surface area contributed by atoms with Crippen molar-refractivity contribution in [1.29, 1.82) is 0 Å². The Morgan fingerprint density at radius 1 is 1.40 bits per heavy atom.